The van der Waals surface area contributed by atoms with Crippen LogP contribution in [-0.4, -0.2) is 11.1 Å². The van der Waals surface area contributed by atoms with E-state index in [1.165, 1.54) is 5.56 Å². The van der Waals surface area contributed by atoms with Gasteiger partial charge in [-0.15, -0.1) is 0 Å². The number of hydrogen-bond donors (Lipinski definition) is 3. The predicted octanol–water partition coefficient (Wildman–Crippen LogP) is 3.97. The highest BCUT2D eigenvalue weighted by atomic mass is 16.4. The molecule has 0 amide bonds. The third-order valence-electron chi connectivity index (χ3n) is 3.40. The van der Waals surface area contributed by atoms with Crippen molar-refractivity contribution >= 4 is 23.0 Å². The number of nitrogen functional groups attached to an aromatic ring is 1. The maximum Gasteiger partial charge on any atom is 0.337 e. The number of hydrogen-bond acceptors (Lipinski definition) is 3. The second-order valence-corrected chi connectivity index (χ2v) is 5.13. The first-order valence-corrected chi connectivity index (χ1v) is 7.00. The number of carboxylic acid groups (broad SMARTS) is 1. The van der Waals surface area contributed by atoms with Crippen molar-refractivity contribution in [3.63, 3.8) is 0 Å². The molecule has 4 heteroatoms. The molecule has 0 aliphatic rings. The van der Waals surface area contributed by atoms with E-state index in [1.807, 2.05) is 18.2 Å². The van der Waals surface area contributed by atoms with Crippen LogP contribution in [0.3, 0.4) is 0 Å². The van der Waals surface area contributed by atoms with E-state index in [9.17, 15) is 4.79 Å². The lowest BCUT2D eigenvalue weighted by molar-refractivity contribution is 0.0698. The molecule has 0 saturated carbocycles. The molecule has 0 bridgehead atoms. The molecule has 4 N–H and O–H groups in total. The van der Waals surface area contributed by atoms with Crippen LogP contribution in [0.25, 0.3) is 0 Å². The SMILES string of the molecule is CCCc1ccc(Nc2cc(C)c(N)c(C(=O)O)c2)cc1. The summed E-state index contributed by atoms with van der Waals surface area (Å²) in [6.07, 6.45) is 2.18. The second kappa shape index (κ2) is 6.31. The highest BCUT2D eigenvalue weighted by molar-refractivity contribution is 5.96. The van der Waals surface area contributed by atoms with Crippen LogP contribution in [0.5, 0.6) is 0 Å². The summed E-state index contributed by atoms with van der Waals surface area (Å²) in [6.45, 7) is 3.95. The van der Waals surface area contributed by atoms with E-state index >= 15 is 0 Å². The predicted molar refractivity (Wildman–Crippen MR) is 86.3 cm³/mol. The van der Waals surface area contributed by atoms with Gasteiger partial charge in [0, 0.05) is 17.1 Å². The molecule has 2 rings (SSSR count). The first-order chi connectivity index (χ1) is 10.0. The summed E-state index contributed by atoms with van der Waals surface area (Å²) >= 11 is 0. The molecule has 0 fully saturated rings. The van der Waals surface area contributed by atoms with Crippen LogP contribution in [0.1, 0.15) is 34.8 Å². The number of nitrogens with two attached hydrogens (primary N) is 1. The fourth-order valence-corrected chi connectivity index (χ4v) is 2.26. The van der Waals surface area contributed by atoms with Crippen LogP contribution in [0.2, 0.25) is 0 Å². The summed E-state index contributed by atoms with van der Waals surface area (Å²) in [5.74, 6) is -1.02. The van der Waals surface area contributed by atoms with Crippen molar-refractivity contribution in [3.05, 3.63) is 53.1 Å². The minimum Gasteiger partial charge on any atom is -0.478 e. The Bertz CT molecular complexity index is 649. The molecular weight excluding hydrogens is 264 g/mol. The van der Waals surface area contributed by atoms with Crippen molar-refractivity contribution in [1.29, 1.82) is 0 Å². The molecule has 0 atom stereocenters. The molecule has 21 heavy (non-hydrogen) atoms. The van der Waals surface area contributed by atoms with E-state index < -0.39 is 5.97 Å². The molecule has 4 nitrogen and oxygen atoms in total. The zero-order valence-electron chi connectivity index (χ0n) is 12.3. The molecular formula is C17H20N2O2. The van der Waals surface area contributed by atoms with Gasteiger partial charge in [-0.2, -0.15) is 0 Å². The van der Waals surface area contributed by atoms with E-state index in [4.69, 9.17) is 10.8 Å². The topological polar surface area (TPSA) is 75.3 Å². The lowest BCUT2D eigenvalue weighted by Gasteiger charge is -2.12. The number of nitrogens with one attached hydrogen (secondary N) is 1. The standard InChI is InChI=1S/C17H20N2O2/c1-3-4-12-5-7-13(8-6-12)19-14-9-11(2)16(18)15(10-14)17(20)21/h5-10,19H,3-4,18H2,1-2H3,(H,20,21). The third kappa shape index (κ3) is 3.54. The van der Waals surface area contributed by atoms with E-state index in [0.717, 1.165) is 29.8 Å². The minimum absolute atomic E-state index is 0.125. The van der Waals surface area contributed by atoms with Crippen LogP contribution >= 0.6 is 0 Å². The smallest absolute Gasteiger partial charge is 0.337 e. The Hall–Kier alpha value is -2.49. The number of rotatable bonds is 5. The molecule has 0 aromatic heterocycles. The van der Waals surface area contributed by atoms with Gasteiger partial charge in [-0.1, -0.05) is 25.5 Å². The highest BCUT2D eigenvalue weighted by Crippen LogP contribution is 2.25. The van der Waals surface area contributed by atoms with Gasteiger partial charge in [0.1, 0.15) is 0 Å². The number of aromatic carboxylic acids is 1. The maximum atomic E-state index is 11.2. The summed E-state index contributed by atoms with van der Waals surface area (Å²) in [7, 11) is 0. The molecule has 0 spiro atoms. The fraction of sp³-hybridized carbons (Fsp3) is 0.235. The molecule has 0 saturated heterocycles. The van der Waals surface area contributed by atoms with Crippen LogP contribution in [-0.2, 0) is 6.42 Å². The first-order valence-electron chi connectivity index (χ1n) is 7.00. The van der Waals surface area contributed by atoms with Gasteiger partial charge in [-0.3, -0.25) is 0 Å². The van der Waals surface area contributed by atoms with E-state index in [2.05, 4.69) is 24.4 Å². The number of anilines is 3. The van der Waals surface area contributed by atoms with Gasteiger partial charge in [0.05, 0.1) is 5.56 Å². The second-order valence-electron chi connectivity index (χ2n) is 5.13. The Kier molecular flexibility index (Phi) is 4.48. The van der Waals surface area contributed by atoms with Crippen LogP contribution in [0.4, 0.5) is 17.1 Å². The fourth-order valence-electron chi connectivity index (χ4n) is 2.26. The quantitative estimate of drug-likeness (QED) is 0.726. The van der Waals surface area contributed by atoms with E-state index in [0.29, 0.717) is 5.69 Å². The molecule has 0 aliphatic carbocycles. The molecule has 0 heterocycles. The molecule has 2 aromatic carbocycles. The van der Waals surface area contributed by atoms with E-state index in [1.54, 1.807) is 13.0 Å². The van der Waals surface area contributed by atoms with Crippen molar-refractivity contribution in [2.75, 3.05) is 11.1 Å². The Balaban J connectivity index is 2.25. The monoisotopic (exact) mass is 284 g/mol. The van der Waals surface area contributed by atoms with Gasteiger partial charge in [0.25, 0.3) is 0 Å². The largest absolute Gasteiger partial charge is 0.478 e. The van der Waals surface area contributed by atoms with Gasteiger partial charge in [-0.05, 0) is 48.7 Å². The van der Waals surface area contributed by atoms with Crippen LogP contribution in [0, 0.1) is 6.92 Å². The Morgan fingerprint density at radius 2 is 1.86 bits per heavy atom. The van der Waals surface area contributed by atoms with Crippen molar-refractivity contribution in [3.8, 4) is 0 Å². The number of carboxylic acids is 1. The van der Waals surface area contributed by atoms with Crippen LogP contribution in [0.15, 0.2) is 36.4 Å². The van der Waals surface area contributed by atoms with Gasteiger partial charge in [-0.25, -0.2) is 4.79 Å². The number of aryl methyl sites for hydroxylation is 2. The number of carbonyl (C=O) groups is 1. The molecule has 0 aliphatic heterocycles. The summed E-state index contributed by atoms with van der Waals surface area (Å²) in [4.78, 5) is 11.2. The van der Waals surface area contributed by atoms with Gasteiger partial charge in [0.15, 0.2) is 0 Å². The van der Waals surface area contributed by atoms with Gasteiger partial charge >= 0.3 is 5.97 Å². The Labute approximate surface area is 124 Å². The molecule has 110 valence electrons. The normalized spacial score (nSPS) is 10.4. The average Bonchev–Trinajstić information content (AvgIpc) is 2.45. The summed E-state index contributed by atoms with van der Waals surface area (Å²) in [5, 5.41) is 12.4. The summed E-state index contributed by atoms with van der Waals surface area (Å²) in [5.41, 5.74) is 9.92. The third-order valence-corrected chi connectivity index (χ3v) is 3.40. The van der Waals surface area contributed by atoms with Crippen molar-refractivity contribution in [2.24, 2.45) is 0 Å². The maximum absolute atomic E-state index is 11.2. The molecule has 0 radical (unpaired) electrons. The lowest BCUT2D eigenvalue weighted by Crippen LogP contribution is -2.05. The molecule has 2 aromatic rings. The zero-order chi connectivity index (χ0) is 15.4. The van der Waals surface area contributed by atoms with Crippen molar-refractivity contribution in [2.45, 2.75) is 26.7 Å². The molecule has 0 unspecified atom stereocenters. The van der Waals surface area contributed by atoms with Gasteiger partial charge < -0.3 is 16.2 Å². The summed E-state index contributed by atoms with van der Waals surface area (Å²) < 4.78 is 0. The van der Waals surface area contributed by atoms with Crippen molar-refractivity contribution in [1.82, 2.24) is 0 Å². The van der Waals surface area contributed by atoms with Gasteiger partial charge in [0.2, 0.25) is 0 Å². The zero-order valence-corrected chi connectivity index (χ0v) is 12.3. The summed E-state index contributed by atoms with van der Waals surface area (Å²) in [6, 6.07) is 11.6. The average molecular weight is 284 g/mol. The highest BCUT2D eigenvalue weighted by Gasteiger charge is 2.11. The first kappa shape index (κ1) is 14.9. The van der Waals surface area contributed by atoms with E-state index in [-0.39, 0.29) is 5.56 Å². The van der Waals surface area contributed by atoms with Crippen LogP contribution < -0.4 is 11.1 Å². The Morgan fingerprint density at radius 1 is 1.19 bits per heavy atom. The van der Waals surface area contributed by atoms with Crippen molar-refractivity contribution < 1.29 is 9.90 Å². The Morgan fingerprint density at radius 3 is 2.43 bits per heavy atom. The lowest BCUT2D eigenvalue weighted by atomic mass is 10.1. The number of benzene rings is 2. The minimum atomic E-state index is -1.02.